The number of aromatic nitrogens is 5. The summed E-state index contributed by atoms with van der Waals surface area (Å²) in [5, 5.41) is 3.75. The first-order valence-electron chi connectivity index (χ1n) is 18.5. The maximum atomic E-state index is 16.3. The number of halogens is 3. The molecule has 0 spiro atoms. The van der Waals surface area contributed by atoms with E-state index in [-0.39, 0.29) is 35.2 Å². The number of carbonyl (C=O) groups is 2. The van der Waals surface area contributed by atoms with Gasteiger partial charge >= 0.3 is 0 Å². The monoisotopic (exact) mass is 710 g/mol. The Labute approximate surface area is 298 Å². The SMILES string of the molecule is C[C@H]1NC(=O)c2c(ccnc2C(F)F)CCCCCn2c(-c3nc4cc(C(=O)N5C[C@H](N)[C@@H]6CC[C@H]5C6)cc(F)c4n3C3CC3)cc3ccc1nc32. The summed E-state index contributed by atoms with van der Waals surface area (Å²) in [6.45, 7) is 2.85. The second kappa shape index (κ2) is 12.7. The molecule has 4 aromatic heterocycles. The van der Waals surface area contributed by atoms with Crippen molar-refractivity contribution >= 4 is 33.9 Å². The van der Waals surface area contributed by atoms with Gasteiger partial charge in [0.15, 0.2) is 5.82 Å². The van der Waals surface area contributed by atoms with E-state index in [1.807, 2.05) is 27.7 Å². The van der Waals surface area contributed by atoms with Gasteiger partial charge in [0.2, 0.25) is 0 Å². The highest BCUT2D eigenvalue weighted by atomic mass is 19.3. The van der Waals surface area contributed by atoms with Crippen molar-refractivity contribution in [2.24, 2.45) is 11.7 Å². The summed E-state index contributed by atoms with van der Waals surface area (Å²) in [5.41, 5.74) is 9.59. The first-order chi connectivity index (χ1) is 25.2. The molecular formula is C39H41F3N8O2. The Bertz CT molecular complexity index is 2240. The zero-order chi connectivity index (χ0) is 35.8. The quantitative estimate of drug-likeness (QED) is 0.207. The average molecular weight is 711 g/mol. The van der Waals surface area contributed by atoms with Gasteiger partial charge in [-0.1, -0.05) is 6.42 Å². The van der Waals surface area contributed by atoms with Crippen molar-refractivity contribution in [3.05, 3.63) is 76.5 Å². The van der Waals surface area contributed by atoms with Gasteiger partial charge in [-0.05, 0) is 106 Å². The van der Waals surface area contributed by atoms with Crippen molar-refractivity contribution in [2.75, 3.05) is 6.54 Å². The van der Waals surface area contributed by atoms with Gasteiger partial charge in [-0.3, -0.25) is 14.6 Å². The largest absolute Gasteiger partial charge is 0.344 e. The molecule has 270 valence electrons. The third-order valence-electron chi connectivity index (χ3n) is 11.7. The molecule has 1 aromatic carbocycles. The number of pyridine rings is 2. The molecule has 10 nitrogen and oxygen atoms in total. The molecule has 3 N–H and O–H groups in total. The molecule has 2 aliphatic carbocycles. The van der Waals surface area contributed by atoms with Gasteiger partial charge < -0.3 is 25.1 Å². The smallest absolute Gasteiger partial charge is 0.281 e. The van der Waals surface area contributed by atoms with Crippen LogP contribution in [0.3, 0.4) is 0 Å². The number of piperidine rings is 1. The lowest BCUT2D eigenvalue weighted by Crippen LogP contribution is -2.51. The van der Waals surface area contributed by atoms with Crippen LogP contribution in [0, 0.1) is 11.7 Å². The fraction of sp³-hybridized carbons (Fsp3) is 0.462. The van der Waals surface area contributed by atoms with E-state index in [9.17, 15) is 18.4 Å². The number of rotatable bonds is 4. The first kappa shape index (κ1) is 33.1. The summed E-state index contributed by atoms with van der Waals surface area (Å²) in [4.78, 5) is 43.1. The van der Waals surface area contributed by atoms with E-state index in [0.717, 1.165) is 56.0 Å². The first-order valence-corrected chi connectivity index (χ1v) is 18.5. The Morgan fingerprint density at radius 3 is 2.65 bits per heavy atom. The Hall–Kier alpha value is -4.78. The molecule has 3 fully saturated rings. The third-order valence-corrected chi connectivity index (χ3v) is 11.7. The number of aryl methyl sites for hydroxylation is 2. The van der Waals surface area contributed by atoms with E-state index in [2.05, 4.69) is 14.9 Å². The topological polar surface area (TPSA) is 124 Å². The molecule has 4 atom stereocenters. The molecule has 2 aliphatic heterocycles. The molecule has 1 saturated heterocycles. The number of likely N-dealkylation sites (tertiary alicyclic amines) is 1. The molecule has 0 unspecified atom stereocenters. The minimum Gasteiger partial charge on any atom is -0.344 e. The predicted octanol–water partition coefficient (Wildman–Crippen LogP) is 7.03. The number of nitrogens with two attached hydrogens (primary N) is 1. The molecule has 52 heavy (non-hydrogen) atoms. The number of hydrogen-bond acceptors (Lipinski definition) is 6. The summed E-state index contributed by atoms with van der Waals surface area (Å²) in [5.74, 6) is -0.202. The summed E-state index contributed by atoms with van der Waals surface area (Å²) < 4.78 is 48.4. The molecule has 4 bridgehead atoms. The highest BCUT2D eigenvalue weighted by molar-refractivity contribution is 5.99. The zero-order valence-corrected chi connectivity index (χ0v) is 29.0. The van der Waals surface area contributed by atoms with Crippen molar-refractivity contribution in [1.82, 2.24) is 34.3 Å². The number of nitrogens with zero attached hydrogens (tertiary/aromatic N) is 6. The van der Waals surface area contributed by atoms with E-state index in [0.29, 0.717) is 65.6 Å². The summed E-state index contributed by atoms with van der Waals surface area (Å²) in [6, 6.07) is 10.1. The second-order valence-corrected chi connectivity index (χ2v) is 15.1. The van der Waals surface area contributed by atoms with Gasteiger partial charge in [-0.15, -0.1) is 0 Å². The number of imidazole rings is 1. The predicted molar refractivity (Wildman–Crippen MR) is 189 cm³/mol. The molecule has 0 radical (unpaired) electrons. The second-order valence-electron chi connectivity index (χ2n) is 15.1. The lowest BCUT2D eigenvalue weighted by Gasteiger charge is -2.37. The number of amides is 2. The van der Waals surface area contributed by atoms with E-state index in [1.165, 1.54) is 12.3 Å². The number of carbonyl (C=O) groups excluding carboxylic acids is 2. The maximum Gasteiger partial charge on any atom is 0.281 e. The standard InChI is InChI=1S/C39H41F3N8O2/c1-20-29-11-7-23-18-31(48(36(23)46-29)14-4-2-3-5-21-12-13-44-33(35(41)42)32(21)38(51)45-20)37-47-30-17-24(16-27(40)34(30)50(37)25-9-10-25)39(52)49-19-28(43)22-6-8-26(49)15-22/h7,11-13,16-18,20,22,25-26,28,35H,2-6,8-10,14-15,19,43H2,1H3,(H,45,51)/t20-,22-,26+,28+/m1/s1. The molecule has 4 aliphatic rings. The van der Waals surface area contributed by atoms with E-state index >= 15 is 4.39 Å². The zero-order valence-electron chi connectivity index (χ0n) is 29.0. The van der Waals surface area contributed by atoms with Crippen molar-refractivity contribution in [3.8, 4) is 11.5 Å². The summed E-state index contributed by atoms with van der Waals surface area (Å²) >= 11 is 0. The van der Waals surface area contributed by atoms with Crippen LogP contribution < -0.4 is 11.1 Å². The maximum absolute atomic E-state index is 16.3. The van der Waals surface area contributed by atoms with Gasteiger partial charge in [0, 0.05) is 48.4 Å². The van der Waals surface area contributed by atoms with Crippen molar-refractivity contribution in [2.45, 2.75) is 102 Å². The van der Waals surface area contributed by atoms with E-state index in [1.54, 1.807) is 19.1 Å². The number of fused-ring (bicyclic) bond motifs is 5. The number of alkyl halides is 2. The fourth-order valence-corrected chi connectivity index (χ4v) is 8.83. The third kappa shape index (κ3) is 5.55. The molecule has 6 heterocycles. The average Bonchev–Trinajstić information content (AvgIpc) is 3.60. The van der Waals surface area contributed by atoms with Crippen LogP contribution in [0.15, 0.2) is 42.6 Å². The Kier molecular flexibility index (Phi) is 8.09. The number of benzene rings is 1. The normalized spacial score (nSPS) is 23.7. The van der Waals surface area contributed by atoms with Gasteiger partial charge in [-0.25, -0.2) is 23.1 Å². The molecule has 2 saturated carbocycles. The van der Waals surface area contributed by atoms with Crippen LogP contribution in [0.1, 0.15) is 114 Å². The number of hydrogen-bond donors (Lipinski definition) is 2. The minimum absolute atomic E-state index is 0.0594. The van der Waals surface area contributed by atoms with Crippen molar-refractivity contribution < 1.29 is 22.8 Å². The van der Waals surface area contributed by atoms with Gasteiger partial charge in [0.1, 0.15) is 22.7 Å². The lowest BCUT2D eigenvalue weighted by molar-refractivity contribution is 0.0603. The van der Waals surface area contributed by atoms with Crippen LogP contribution in [0.2, 0.25) is 0 Å². The number of nitrogens with one attached hydrogen (secondary N) is 1. The van der Waals surface area contributed by atoms with Crippen LogP contribution >= 0.6 is 0 Å². The van der Waals surface area contributed by atoms with Crippen molar-refractivity contribution in [1.29, 1.82) is 0 Å². The molecule has 5 aromatic rings. The van der Waals surface area contributed by atoms with Crippen LogP contribution in [0.4, 0.5) is 13.2 Å². The van der Waals surface area contributed by atoms with Crippen LogP contribution in [0.5, 0.6) is 0 Å². The van der Waals surface area contributed by atoms with Gasteiger partial charge in [0.05, 0.1) is 28.5 Å². The summed E-state index contributed by atoms with van der Waals surface area (Å²) in [7, 11) is 0. The Morgan fingerprint density at radius 1 is 1.02 bits per heavy atom. The highest BCUT2D eigenvalue weighted by Gasteiger charge is 2.41. The van der Waals surface area contributed by atoms with E-state index in [4.69, 9.17) is 15.7 Å². The van der Waals surface area contributed by atoms with E-state index < -0.39 is 29.9 Å². The lowest BCUT2D eigenvalue weighted by atomic mass is 9.94. The Balaban J connectivity index is 1.12. The molecule has 13 heteroatoms. The fourth-order valence-electron chi connectivity index (χ4n) is 8.83. The summed E-state index contributed by atoms with van der Waals surface area (Å²) in [6.07, 6.45) is 5.76. The Morgan fingerprint density at radius 2 is 1.85 bits per heavy atom. The molecule has 2 amide bonds. The van der Waals surface area contributed by atoms with Gasteiger partial charge in [-0.2, -0.15) is 0 Å². The van der Waals surface area contributed by atoms with Gasteiger partial charge in [0.25, 0.3) is 18.2 Å². The molecule has 9 rings (SSSR count). The molecular weight excluding hydrogens is 669 g/mol. The highest BCUT2D eigenvalue weighted by Crippen LogP contribution is 2.44. The minimum atomic E-state index is -2.88. The van der Waals surface area contributed by atoms with Crippen LogP contribution in [-0.4, -0.2) is 59.4 Å². The van der Waals surface area contributed by atoms with Crippen LogP contribution in [-0.2, 0) is 13.0 Å². The van der Waals surface area contributed by atoms with Crippen molar-refractivity contribution in [3.63, 3.8) is 0 Å². The van der Waals surface area contributed by atoms with Crippen LogP contribution in [0.25, 0.3) is 33.6 Å².